The van der Waals surface area contributed by atoms with E-state index in [1.807, 2.05) is 13.1 Å². The van der Waals surface area contributed by atoms with Crippen LogP contribution in [0.4, 0.5) is 13.2 Å². The minimum atomic E-state index is -4.43. The summed E-state index contributed by atoms with van der Waals surface area (Å²) < 4.78 is 39.8. The van der Waals surface area contributed by atoms with Gasteiger partial charge in [0.05, 0.1) is 17.5 Å². The first-order chi connectivity index (χ1) is 13.3. The third kappa shape index (κ3) is 4.39. The number of hydrogen-bond donors (Lipinski definition) is 0. The van der Waals surface area contributed by atoms with E-state index in [0.717, 1.165) is 24.4 Å². The van der Waals surface area contributed by atoms with E-state index in [1.54, 1.807) is 47.1 Å². The van der Waals surface area contributed by atoms with Crippen LogP contribution in [0.3, 0.4) is 0 Å². The number of carbonyl (C=O) groups is 1. The molecule has 0 radical (unpaired) electrons. The number of nitrogens with zero attached hydrogens (tertiary/aromatic N) is 4. The van der Waals surface area contributed by atoms with Crippen LogP contribution in [0.15, 0.2) is 55.0 Å². The van der Waals surface area contributed by atoms with Crippen molar-refractivity contribution >= 4 is 5.91 Å². The zero-order valence-corrected chi connectivity index (χ0v) is 15.4. The largest absolute Gasteiger partial charge is 0.417 e. The third-order valence-electron chi connectivity index (χ3n) is 4.27. The molecule has 0 aliphatic rings. The van der Waals surface area contributed by atoms with Crippen LogP contribution in [0, 0.1) is 0 Å². The fourth-order valence-electron chi connectivity index (χ4n) is 2.77. The average Bonchev–Trinajstić information content (AvgIpc) is 3.14. The lowest BCUT2D eigenvalue weighted by atomic mass is 10.1. The van der Waals surface area contributed by atoms with Gasteiger partial charge in [-0.05, 0) is 31.2 Å². The SMILES string of the molecule is CCn1cc(CN(C)C(=O)c2cccc(-c3ccc(C(F)(F)F)cn3)c2)cn1. The summed E-state index contributed by atoms with van der Waals surface area (Å²) in [7, 11) is 1.69. The molecule has 8 heteroatoms. The second-order valence-corrected chi connectivity index (χ2v) is 6.38. The summed E-state index contributed by atoms with van der Waals surface area (Å²) in [6, 6.07) is 8.97. The van der Waals surface area contributed by atoms with E-state index in [-0.39, 0.29) is 5.91 Å². The van der Waals surface area contributed by atoms with Gasteiger partial charge in [-0.25, -0.2) is 0 Å². The van der Waals surface area contributed by atoms with Gasteiger partial charge < -0.3 is 4.90 Å². The van der Waals surface area contributed by atoms with Gasteiger partial charge in [-0.15, -0.1) is 0 Å². The van der Waals surface area contributed by atoms with Crippen molar-refractivity contribution in [1.29, 1.82) is 0 Å². The van der Waals surface area contributed by atoms with E-state index in [0.29, 0.717) is 23.4 Å². The number of carbonyl (C=O) groups excluding carboxylic acids is 1. The van der Waals surface area contributed by atoms with Gasteiger partial charge in [-0.3, -0.25) is 14.5 Å². The molecule has 28 heavy (non-hydrogen) atoms. The van der Waals surface area contributed by atoms with Crippen LogP contribution in [0.25, 0.3) is 11.3 Å². The van der Waals surface area contributed by atoms with E-state index in [9.17, 15) is 18.0 Å². The lowest BCUT2D eigenvalue weighted by Gasteiger charge is -2.17. The van der Waals surface area contributed by atoms with Crippen LogP contribution in [0.5, 0.6) is 0 Å². The van der Waals surface area contributed by atoms with Crippen molar-refractivity contribution in [2.24, 2.45) is 0 Å². The standard InChI is InChI=1S/C20H19F3N4O/c1-3-27-13-14(10-25-27)12-26(2)19(28)16-6-4-5-15(9-16)18-8-7-17(11-24-18)20(21,22)23/h4-11,13H,3,12H2,1-2H3. The van der Waals surface area contributed by atoms with Gasteiger partial charge in [0, 0.05) is 49.2 Å². The van der Waals surface area contributed by atoms with Crippen LogP contribution in [-0.2, 0) is 19.3 Å². The summed E-state index contributed by atoms with van der Waals surface area (Å²) >= 11 is 0. The lowest BCUT2D eigenvalue weighted by Crippen LogP contribution is -2.26. The summed E-state index contributed by atoms with van der Waals surface area (Å²) in [5.74, 6) is -0.196. The number of rotatable bonds is 5. The second kappa shape index (κ2) is 7.84. The summed E-state index contributed by atoms with van der Waals surface area (Å²) in [5.41, 5.74) is 1.49. The van der Waals surface area contributed by atoms with Crippen LogP contribution in [0.1, 0.15) is 28.4 Å². The molecule has 0 unspecified atom stereocenters. The fraction of sp³-hybridized carbons (Fsp3) is 0.250. The zero-order chi connectivity index (χ0) is 20.3. The van der Waals surface area contributed by atoms with Gasteiger partial charge in [-0.2, -0.15) is 18.3 Å². The molecule has 5 nitrogen and oxygen atoms in total. The minimum Gasteiger partial charge on any atom is -0.337 e. The number of amides is 1. The summed E-state index contributed by atoms with van der Waals surface area (Å²) in [6.45, 7) is 3.13. The van der Waals surface area contributed by atoms with Gasteiger partial charge >= 0.3 is 6.18 Å². The number of pyridine rings is 1. The molecule has 2 heterocycles. The number of halogens is 3. The van der Waals surface area contributed by atoms with Crippen molar-refractivity contribution in [3.63, 3.8) is 0 Å². The van der Waals surface area contributed by atoms with Gasteiger partial charge in [-0.1, -0.05) is 12.1 Å². The quantitative estimate of drug-likeness (QED) is 0.656. The molecule has 146 valence electrons. The zero-order valence-electron chi connectivity index (χ0n) is 15.4. The van der Waals surface area contributed by atoms with Crippen LogP contribution >= 0.6 is 0 Å². The highest BCUT2D eigenvalue weighted by Gasteiger charge is 2.30. The normalized spacial score (nSPS) is 11.5. The fourth-order valence-corrected chi connectivity index (χ4v) is 2.77. The molecule has 3 aromatic rings. The molecule has 0 fully saturated rings. The van der Waals surface area contributed by atoms with E-state index in [4.69, 9.17) is 0 Å². The van der Waals surface area contributed by atoms with Crippen molar-refractivity contribution in [3.05, 3.63) is 71.7 Å². The molecule has 2 aromatic heterocycles. The van der Waals surface area contributed by atoms with Gasteiger partial charge in [0.25, 0.3) is 5.91 Å². The van der Waals surface area contributed by atoms with E-state index in [2.05, 4.69) is 10.1 Å². The predicted octanol–water partition coefficient (Wildman–Crippen LogP) is 4.26. The van der Waals surface area contributed by atoms with Crippen molar-refractivity contribution in [2.45, 2.75) is 26.2 Å². The molecule has 0 saturated carbocycles. The Kier molecular flexibility index (Phi) is 5.48. The average molecular weight is 388 g/mol. The van der Waals surface area contributed by atoms with E-state index >= 15 is 0 Å². The van der Waals surface area contributed by atoms with Crippen molar-refractivity contribution in [1.82, 2.24) is 19.7 Å². The minimum absolute atomic E-state index is 0.196. The molecule has 0 N–H and O–H groups in total. The highest BCUT2D eigenvalue weighted by Crippen LogP contribution is 2.30. The molecule has 0 bridgehead atoms. The van der Waals surface area contributed by atoms with Gasteiger partial charge in [0.1, 0.15) is 0 Å². The highest BCUT2D eigenvalue weighted by atomic mass is 19.4. The molecule has 0 saturated heterocycles. The summed E-state index contributed by atoms with van der Waals surface area (Å²) in [5, 5.41) is 4.19. The molecule has 1 aromatic carbocycles. The first-order valence-electron chi connectivity index (χ1n) is 8.68. The lowest BCUT2D eigenvalue weighted by molar-refractivity contribution is -0.137. The summed E-state index contributed by atoms with van der Waals surface area (Å²) in [4.78, 5) is 18.2. The monoisotopic (exact) mass is 388 g/mol. The van der Waals surface area contributed by atoms with Crippen LogP contribution < -0.4 is 0 Å². The van der Waals surface area contributed by atoms with Crippen molar-refractivity contribution in [2.75, 3.05) is 7.05 Å². The Morgan fingerprint density at radius 3 is 2.57 bits per heavy atom. The van der Waals surface area contributed by atoms with Gasteiger partial charge in [0.2, 0.25) is 0 Å². The number of aryl methyl sites for hydroxylation is 1. The first-order valence-corrected chi connectivity index (χ1v) is 8.68. The Balaban J connectivity index is 1.77. The highest BCUT2D eigenvalue weighted by molar-refractivity contribution is 5.95. The van der Waals surface area contributed by atoms with Gasteiger partial charge in [0.15, 0.2) is 0 Å². The molecular formula is C20H19F3N4O. The molecule has 0 atom stereocenters. The Morgan fingerprint density at radius 2 is 1.96 bits per heavy atom. The number of hydrogen-bond acceptors (Lipinski definition) is 3. The molecule has 1 amide bonds. The molecular weight excluding hydrogens is 369 g/mol. The maximum absolute atomic E-state index is 12.7. The Bertz CT molecular complexity index is 964. The number of benzene rings is 1. The Morgan fingerprint density at radius 1 is 1.18 bits per heavy atom. The smallest absolute Gasteiger partial charge is 0.337 e. The topological polar surface area (TPSA) is 51.0 Å². The van der Waals surface area contributed by atoms with Crippen LogP contribution in [-0.4, -0.2) is 32.6 Å². The van der Waals surface area contributed by atoms with E-state index < -0.39 is 11.7 Å². The molecule has 0 aliphatic carbocycles. The van der Waals surface area contributed by atoms with Crippen molar-refractivity contribution < 1.29 is 18.0 Å². The predicted molar refractivity (Wildman–Crippen MR) is 98.4 cm³/mol. The molecule has 0 spiro atoms. The van der Waals surface area contributed by atoms with Crippen LogP contribution in [0.2, 0.25) is 0 Å². The maximum Gasteiger partial charge on any atom is 0.417 e. The molecule has 0 aliphatic heterocycles. The second-order valence-electron chi connectivity index (χ2n) is 6.38. The Labute approximate surface area is 160 Å². The maximum atomic E-state index is 12.7. The van der Waals surface area contributed by atoms with E-state index in [1.165, 1.54) is 6.07 Å². The first kappa shape index (κ1) is 19.6. The number of alkyl halides is 3. The van der Waals surface area contributed by atoms with Crippen molar-refractivity contribution in [3.8, 4) is 11.3 Å². The molecule has 3 rings (SSSR count). The third-order valence-corrected chi connectivity index (χ3v) is 4.27. The Hall–Kier alpha value is -3.16. The summed E-state index contributed by atoms with van der Waals surface area (Å²) in [6.07, 6.45) is -0.0405. The number of aromatic nitrogens is 3.